The van der Waals surface area contributed by atoms with Gasteiger partial charge in [-0.05, 0) is 49.7 Å². The van der Waals surface area contributed by atoms with E-state index in [1.807, 2.05) is 6.92 Å². The third kappa shape index (κ3) is 3.95. The molecule has 9 heteroatoms. The second kappa shape index (κ2) is 8.24. The summed E-state index contributed by atoms with van der Waals surface area (Å²) in [5, 5.41) is 11.0. The van der Waals surface area contributed by atoms with Crippen LogP contribution in [0.25, 0.3) is 17.3 Å². The van der Waals surface area contributed by atoms with Crippen LogP contribution in [0.1, 0.15) is 35.2 Å². The Kier molecular flexibility index (Phi) is 5.34. The lowest BCUT2D eigenvalue weighted by molar-refractivity contribution is 0.102. The number of aryl methyl sites for hydroxylation is 1. The van der Waals surface area contributed by atoms with Gasteiger partial charge in [0.25, 0.3) is 11.8 Å². The van der Waals surface area contributed by atoms with Crippen molar-refractivity contribution >= 4 is 11.6 Å². The number of carbonyl (C=O) groups is 1. The Morgan fingerprint density at radius 1 is 1.23 bits per heavy atom. The minimum atomic E-state index is -0.369. The summed E-state index contributed by atoms with van der Waals surface area (Å²) in [6.45, 7) is 3.82. The predicted molar refractivity (Wildman–Crippen MR) is 108 cm³/mol. The van der Waals surface area contributed by atoms with Gasteiger partial charge in [-0.1, -0.05) is 12.1 Å². The van der Waals surface area contributed by atoms with Crippen molar-refractivity contribution in [1.29, 1.82) is 0 Å². The number of nitrogens with one attached hydrogen (secondary N) is 1. The molecule has 4 rings (SSSR count). The van der Waals surface area contributed by atoms with Crippen LogP contribution in [0.5, 0.6) is 0 Å². The molecular formula is C21H19FN6O2. The van der Waals surface area contributed by atoms with E-state index in [1.54, 1.807) is 29.9 Å². The van der Waals surface area contributed by atoms with Gasteiger partial charge >= 0.3 is 0 Å². The van der Waals surface area contributed by atoms with E-state index < -0.39 is 0 Å². The fourth-order valence-electron chi connectivity index (χ4n) is 2.96. The highest BCUT2D eigenvalue weighted by atomic mass is 19.1. The number of anilines is 1. The van der Waals surface area contributed by atoms with Gasteiger partial charge in [-0.25, -0.2) is 14.1 Å². The van der Waals surface area contributed by atoms with E-state index in [-0.39, 0.29) is 11.7 Å². The van der Waals surface area contributed by atoms with Gasteiger partial charge in [0.2, 0.25) is 0 Å². The summed E-state index contributed by atoms with van der Waals surface area (Å²) in [6, 6.07) is 9.10. The highest BCUT2D eigenvalue weighted by Gasteiger charge is 2.17. The molecule has 0 unspecified atom stereocenters. The van der Waals surface area contributed by atoms with Crippen molar-refractivity contribution in [2.24, 2.45) is 0 Å². The summed E-state index contributed by atoms with van der Waals surface area (Å²) < 4.78 is 19.9. The molecule has 0 saturated carbocycles. The van der Waals surface area contributed by atoms with Crippen molar-refractivity contribution in [1.82, 2.24) is 24.9 Å². The fraction of sp³-hybridized carbons (Fsp3) is 0.190. The molecule has 0 radical (unpaired) electrons. The van der Waals surface area contributed by atoms with E-state index in [9.17, 15) is 9.18 Å². The molecule has 8 nitrogen and oxygen atoms in total. The SMILES string of the molecule is CCCc1noc(-c2ccnc(-n3ncc(C(=O)Nc4ccc(F)cc4)c3C)c2)n1. The zero-order valence-corrected chi connectivity index (χ0v) is 16.5. The number of hydrogen-bond donors (Lipinski definition) is 1. The molecule has 1 aromatic carbocycles. The Morgan fingerprint density at radius 3 is 2.80 bits per heavy atom. The van der Waals surface area contributed by atoms with E-state index in [0.717, 1.165) is 12.8 Å². The lowest BCUT2D eigenvalue weighted by atomic mass is 10.2. The number of pyridine rings is 1. The third-order valence-corrected chi connectivity index (χ3v) is 4.51. The first-order valence-corrected chi connectivity index (χ1v) is 9.46. The fourth-order valence-corrected chi connectivity index (χ4v) is 2.96. The molecule has 0 aliphatic heterocycles. The molecule has 4 aromatic rings. The quantitative estimate of drug-likeness (QED) is 0.520. The van der Waals surface area contributed by atoms with Crippen LogP contribution in [0, 0.1) is 12.7 Å². The second-order valence-corrected chi connectivity index (χ2v) is 6.68. The molecule has 0 fully saturated rings. The number of carbonyl (C=O) groups excluding carboxylic acids is 1. The average Bonchev–Trinajstić information content (AvgIpc) is 3.37. The summed E-state index contributed by atoms with van der Waals surface area (Å²) >= 11 is 0. The lowest BCUT2D eigenvalue weighted by Gasteiger charge is -2.07. The Balaban J connectivity index is 1.58. The minimum Gasteiger partial charge on any atom is -0.334 e. The van der Waals surface area contributed by atoms with Gasteiger partial charge in [0.05, 0.1) is 17.5 Å². The smallest absolute Gasteiger partial charge is 0.259 e. The molecule has 30 heavy (non-hydrogen) atoms. The molecule has 3 aromatic heterocycles. The third-order valence-electron chi connectivity index (χ3n) is 4.51. The Hall–Kier alpha value is -3.88. The molecule has 1 N–H and O–H groups in total. The van der Waals surface area contributed by atoms with E-state index >= 15 is 0 Å². The number of halogens is 1. The number of amides is 1. The average molecular weight is 406 g/mol. The number of hydrogen-bond acceptors (Lipinski definition) is 6. The van der Waals surface area contributed by atoms with Crippen LogP contribution < -0.4 is 5.32 Å². The molecule has 0 saturated heterocycles. The number of benzene rings is 1. The monoisotopic (exact) mass is 406 g/mol. The van der Waals surface area contributed by atoms with Gasteiger partial charge in [0, 0.05) is 23.9 Å². The number of nitrogens with zero attached hydrogens (tertiary/aromatic N) is 5. The first kappa shape index (κ1) is 19.4. The topological polar surface area (TPSA) is 98.7 Å². The standard InChI is InChI=1S/C21H19FN6O2/c1-3-4-18-26-21(30-27-18)14-9-10-23-19(11-14)28-13(2)17(12-24-28)20(29)25-16-7-5-15(22)6-8-16/h5-12H,3-4H2,1-2H3,(H,25,29). The van der Waals surface area contributed by atoms with Crippen LogP contribution in [-0.2, 0) is 6.42 Å². The Labute approximate surface area is 171 Å². The summed E-state index contributed by atoms with van der Waals surface area (Å²) in [7, 11) is 0. The molecule has 1 amide bonds. The number of rotatable bonds is 6. The van der Waals surface area contributed by atoms with Gasteiger partial charge in [-0.2, -0.15) is 10.1 Å². The summed E-state index contributed by atoms with van der Waals surface area (Å²) in [5.74, 6) is 0.858. The van der Waals surface area contributed by atoms with Crippen molar-refractivity contribution in [3.05, 3.63) is 71.7 Å². The van der Waals surface area contributed by atoms with Crippen LogP contribution in [0.15, 0.2) is 53.3 Å². The van der Waals surface area contributed by atoms with Crippen molar-refractivity contribution in [2.75, 3.05) is 5.32 Å². The van der Waals surface area contributed by atoms with Gasteiger partial charge in [-0.15, -0.1) is 0 Å². The van der Waals surface area contributed by atoms with Gasteiger partial charge in [0.15, 0.2) is 11.6 Å². The van der Waals surface area contributed by atoms with E-state index in [4.69, 9.17) is 4.52 Å². The maximum atomic E-state index is 13.0. The lowest BCUT2D eigenvalue weighted by Crippen LogP contribution is -2.13. The molecule has 0 bridgehead atoms. The van der Waals surface area contributed by atoms with Crippen LogP contribution in [0.3, 0.4) is 0 Å². The molecular weight excluding hydrogens is 387 g/mol. The molecule has 0 spiro atoms. The Bertz CT molecular complexity index is 1180. The van der Waals surface area contributed by atoms with Crippen molar-refractivity contribution in [2.45, 2.75) is 26.7 Å². The van der Waals surface area contributed by atoms with Crippen LogP contribution >= 0.6 is 0 Å². The van der Waals surface area contributed by atoms with E-state index in [1.165, 1.54) is 30.5 Å². The van der Waals surface area contributed by atoms with Crippen LogP contribution in [0.2, 0.25) is 0 Å². The molecule has 0 aliphatic rings. The first-order chi connectivity index (χ1) is 14.5. The van der Waals surface area contributed by atoms with Crippen molar-refractivity contribution < 1.29 is 13.7 Å². The second-order valence-electron chi connectivity index (χ2n) is 6.68. The molecule has 0 aliphatic carbocycles. The molecule has 152 valence electrons. The highest BCUT2D eigenvalue weighted by molar-refractivity contribution is 6.04. The van der Waals surface area contributed by atoms with Gasteiger partial charge < -0.3 is 9.84 Å². The van der Waals surface area contributed by atoms with Gasteiger partial charge in [0.1, 0.15) is 5.82 Å². The first-order valence-electron chi connectivity index (χ1n) is 9.46. The number of aromatic nitrogens is 5. The maximum absolute atomic E-state index is 13.0. The van der Waals surface area contributed by atoms with E-state index in [2.05, 4.69) is 25.5 Å². The van der Waals surface area contributed by atoms with Gasteiger partial charge in [-0.3, -0.25) is 4.79 Å². The minimum absolute atomic E-state index is 0.345. The zero-order chi connectivity index (χ0) is 21.1. The van der Waals surface area contributed by atoms with Crippen LogP contribution in [0.4, 0.5) is 10.1 Å². The Morgan fingerprint density at radius 2 is 2.03 bits per heavy atom. The van der Waals surface area contributed by atoms with Crippen molar-refractivity contribution in [3.63, 3.8) is 0 Å². The largest absolute Gasteiger partial charge is 0.334 e. The predicted octanol–water partition coefficient (Wildman–Crippen LogP) is 3.97. The summed E-state index contributed by atoms with van der Waals surface area (Å²) in [5.41, 5.74) is 2.20. The summed E-state index contributed by atoms with van der Waals surface area (Å²) in [4.78, 5) is 21.3. The normalized spacial score (nSPS) is 10.9. The highest BCUT2D eigenvalue weighted by Crippen LogP contribution is 2.21. The molecule has 0 atom stereocenters. The van der Waals surface area contributed by atoms with Crippen molar-refractivity contribution in [3.8, 4) is 17.3 Å². The molecule has 3 heterocycles. The maximum Gasteiger partial charge on any atom is 0.259 e. The zero-order valence-electron chi connectivity index (χ0n) is 16.5. The van der Waals surface area contributed by atoms with E-state index in [0.29, 0.717) is 40.0 Å². The van der Waals surface area contributed by atoms with Crippen LogP contribution in [-0.4, -0.2) is 30.8 Å². The summed E-state index contributed by atoms with van der Waals surface area (Å²) in [6.07, 6.45) is 4.75.